The Kier molecular flexibility index (Phi) is 6.69. The number of hydrogen-bond acceptors (Lipinski definition) is 5. The molecule has 1 aliphatic heterocycles. The highest BCUT2D eigenvalue weighted by molar-refractivity contribution is 6.22. The van der Waals surface area contributed by atoms with Gasteiger partial charge < -0.3 is 14.8 Å². The Morgan fingerprint density at radius 1 is 0.879 bits per heavy atom. The van der Waals surface area contributed by atoms with Crippen molar-refractivity contribution in [1.29, 1.82) is 0 Å². The van der Waals surface area contributed by atoms with Crippen molar-refractivity contribution in [2.24, 2.45) is 0 Å². The first-order valence-corrected chi connectivity index (χ1v) is 10.6. The summed E-state index contributed by atoms with van der Waals surface area (Å²) < 4.78 is 10.8. The van der Waals surface area contributed by atoms with Crippen LogP contribution in [0.1, 0.15) is 26.3 Å². The summed E-state index contributed by atoms with van der Waals surface area (Å²) in [5, 5.41) is 2.81. The van der Waals surface area contributed by atoms with Gasteiger partial charge in [-0.05, 0) is 29.8 Å². The van der Waals surface area contributed by atoms with Crippen LogP contribution in [-0.4, -0.2) is 48.9 Å². The van der Waals surface area contributed by atoms with Crippen LogP contribution in [0.15, 0.2) is 78.9 Å². The van der Waals surface area contributed by atoms with E-state index in [4.69, 9.17) is 9.47 Å². The Balaban J connectivity index is 1.46. The molecule has 0 bridgehead atoms. The van der Waals surface area contributed by atoms with E-state index in [1.54, 1.807) is 43.5 Å². The predicted molar refractivity (Wildman–Crippen MR) is 122 cm³/mol. The van der Waals surface area contributed by atoms with Gasteiger partial charge in [-0.1, -0.05) is 48.5 Å². The molecule has 3 aromatic carbocycles. The molecule has 0 aromatic heterocycles. The smallest absolute Gasteiger partial charge is 0.262 e. The van der Waals surface area contributed by atoms with Crippen molar-refractivity contribution in [1.82, 2.24) is 10.2 Å². The van der Waals surface area contributed by atoms with E-state index in [-0.39, 0.29) is 19.6 Å². The first-order chi connectivity index (χ1) is 16.1. The van der Waals surface area contributed by atoms with Gasteiger partial charge >= 0.3 is 0 Å². The van der Waals surface area contributed by atoms with Crippen molar-refractivity contribution in [3.05, 3.63) is 95.6 Å². The average Bonchev–Trinajstić information content (AvgIpc) is 3.11. The second-order valence-electron chi connectivity index (χ2n) is 7.55. The fourth-order valence-electron chi connectivity index (χ4n) is 3.78. The lowest BCUT2D eigenvalue weighted by Crippen LogP contribution is -2.51. The lowest BCUT2D eigenvalue weighted by Gasteiger charge is -2.25. The second-order valence-corrected chi connectivity index (χ2v) is 7.55. The van der Waals surface area contributed by atoms with Crippen molar-refractivity contribution in [2.45, 2.75) is 12.5 Å². The third kappa shape index (κ3) is 4.87. The van der Waals surface area contributed by atoms with E-state index in [0.717, 1.165) is 10.5 Å². The molecule has 7 heteroatoms. The van der Waals surface area contributed by atoms with Crippen molar-refractivity contribution in [3.8, 4) is 11.5 Å². The van der Waals surface area contributed by atoms with Gasteiger partial charge in [0.25, 0.3) is 11.8 Å². The SMILES string of the molecule is COc1cccc(OCCNC(=O)C(Cc2ccccc2)N2C(=O)c3ccccc3C2=O)c1. The molecule has 0 saturated carbocycles. The van der Waals surface area contributed by atoms with Crippen molar-refractivity contribution >= 4 is 17.7 Å². The first kappa shape index (κ1) is 22.1. The molecule has 4 rings (SSSR count). The highest BCUT2D eigenvalue weighted by atomic mass is 16.5. The molecule has 0 fully saturated rings. The topological polar surface area (TPSA) is 84.9 Å². The van der Waals surface area contributed by atoms with Crippen LogP contribution in [0.4, 0.5) is 0 Å². The van der Waals surface area contributed by atoms with E-state index in [1.165, 1.54) is 0 Å². The number of fused-ring (bicyclic) bond motifs is 1. The summed E-state index contributed by atoms with van der Waals surface area (Å²) in [5.41, 5.74) is 1.48. The van der Waals surface area contributed by atoms with Crippen LogP contribution < -0.4 is 14.8 Å². The highest BCUT2D eigenvalue weighted by Crippen LogP contribution is 2.26. The van der Waals surface area contributed by atoms with Crippen molar-refractivity contribution in [2.75, 3.05) is 20.3 Å². The predicted octanol–water partition coefficient (Wildman–Crippen LogP) is 3.10. The van der Waals surface area contributed by atoms with E-state index in [2.05, 4.69) is 5.32 Å². The summed E-state index contributed by atoms with van der Waals surface area (Å²) in [5.74, 6) is -0.0453. The van der Waals surface area contributed by atoms with Gasteiger partial charge in [-0.25, -0.2) is 0 Å². The van der Waals surface area contributed by atoms with Crippen LogP contribution in [0.3, 0.4) is 0 Å². The first-order valence-electron chi connectivity index (χ1n) is 10.6. The Hall–Kier alpha value is -4.13. The van der Waals surface area contributed by atoms with Crippen LogP contribution in [0.2, 0.25) is 0 Å². The molecule has 0 spiro atoms. The Morgan fingerprint density at radius 2 is 1.52 bits per heavy atom. The molecule has 0 saturated heterocycles. The zero-order valence-electron chi connectivity index (χ0n) is 18.2. The molecule has 3 aromatic rings. The maximum Gasteiger partial charge on any atom is 0.262 e. The van der Waals surface area contributed by atoms with E-state index in [1.807, 2.05) is 42.5 Å². The van der Waals surface area contributed by atoms with E-state index >= 15 is 0 Å². The van der Waals surface area contributed by atoms with Gasteiger partial charge in [0.2, 0.25) is 5.91 Å². The number of imide groups is 1. The Labute approximate surface area is 191 Å². The Morgan fingerprint density at radius 3 is 2.18 bits per heavy atom. The number of amides is 3. The maximum atomic E-state index is 13.2. The van der Waals surface area contributed by atoms with Gasteiger partial charge in [0, 0.05) is 12.5 Å². The molecule has 7 nitrogen and oxygen atoms in total. The van der Waals surface area contributed by atoms with Crippen molar-refractivity contribution in [3.63, 3.8) is 0 Å². The summed E-state index contributed by atoms with van der Waals surface area (Å²) in [7, 11) is 1.57. The normalized spacial score (nSPS) is 13.4. The number of carbonyl (C=O) groups excluding carboxylic acids is 3. The Bertz CT molecular complexity index is 1130. The number of ether oxygens (including phenoxy) is 2. The molecule has 1 atom stereocenters. The summed E-state index contributed by atoms with van der Waals surface area (Å²) in [6.45, 7) is 0.434. The number of benzene rings is 3. The number of carbonyl (C=O) groups is 3. The zero-order chi connectivity index (χ0) is 23.2. The zero-order valence-corrected chi connectivity index (χ0v) is 18.2. The fraction of sp³-hybridized carbons (Fsp3) is 0.192. The van der Waals surface area contributed by atoms with Crippen LogP contribution in [-0.2, 0) is 11.2 Å². The van der Waals surface area contributed by atoms with Crippen LogP contribution >= 0.6 is 0 Å². The monoisotopic (exact) mass is 444 g/mol. The van der Waals surface area contributed by atoms with E-state index < -0.39 is 23.8 Å². The standard InChI is InChI=1S/C26H24N2O5/c1-32-19-10-7-11-20(17-19)33-15-14-27-24(29)23(16-18-8-3-2-4-9-18)28-25(30)21-12-5-6-13-22(21)26(28)31/h2-13,17,23H,14-16H2,1H3,(H,27,29). The lowest BCUT2D eigenvalue weighted by atomic mass is 10.0. The number of nitrogens with zero attached hydrogens (tertiary/aromatic N) is 1. The van der Waals surface area contributed by atoms with Gasteiger partial charge in [-0.3, -0.25) is 19.3 Å². The van der Waals surface area contributed by atoms with Crippen LogP contribution in [0, 0.1) is 0 Å². The minimum atomic E-state index is -0.975. The van der Waals surface area contributed by atoms with Gasteiger partial charge in [0.1, 0.15) is 24.1 Å². The third-order valence-corrected chi connectivity index (χ3v) is 5.42. The molecule has 0 radical (unpaired) electrons. The fourth-order valence-corrected chi connectivity index (χ4v) is 3.78. The number of nitrogens with one attached hydrogen (secondary N) is 1. The molecule has 1 heterocycles. The minimum Gasteiger partial charge on any atom is -0.497 e. The summed E-state index contributed by atoms with van der Waals surface area (Å²) >= 11 is 0. The van der Waals surface area contributed by atoms with Crippen molar-refractivity contribution < 1.29 is 23.9 Å². The molecule has 3 amide bonds. The highest BCUT2D eigenvalue weighted by Gasteiger charge is 2.42. The number of hydrogen-bond donors (Lipinski definition) is 1. The number of rotatable bonds is 9. The van der Waals surface area contributed by atoms with Crippen LogP contribution in [0.5, 0.6) is 11.5 Å². The van der Waals surface area contributed by atoms with E-state index in [0.29, 0.717) is 22.6 Å². The van der Waals surface area contributed by atoms with Gasteiger partial charge in [-0.2, -0.15) is 0 Å². The molecule has 0 aliphatic carbocycles. The molecule has 1 aliphatic rings. The van der Waals surface area contributed by atoms with E-state index in [9.17, 15) is 14.4 Å². The third-order valence-electron chi connectivity index (χ3n) is 5.42. The summed E-state index contributed by atoms with van der Waals surface area (Å²) in [6, 6.07) is 22.1. The largest absolute Gasteiger partial charge is 0.497 e. The van der Waals surface area contributed by atoms with Crippen LogP contribution in [0.25, 0.3) is 0 Å². The minimum absolute atomic E-state index is 0.213. The quantitative estimate of drug-likeness (QED) is 0.405. The second kappa shape index (κ2) is 9.99. The summed E-state index contributed by atoms with van der Waals surface area (Å²) in [4.78, 5) is 40.2. The molecular formula is C26H24N2O5. The van der Waals surface area contributed by atoms with Gasteiger partial charge in [0.15, 0.2) is 0 Å². The maximum absolute atomic E-state index is 13.2. The van der Waals surface area contributed by atoms with Gasteiger partial charge in [-0.15, -0.1) is 0 Å². The average molecular weight is 444 g/mol. The van der Waals surface area contributed by atoms with Gasteiger partial charge in [0.05, 0.1) is 24.8 Å². The molecule has 1 N–H and O–H groups in total. The summed E-state index contributed by atoms with van der Waals surface area (Å²) in [6.07, 6.45) is 0.217. The molecular weight excluding hydrogens is 420 g/mol. The molecule has 168 valence electrons. The lowest BCUT2D eigenvalue weighted by molar-refractivity contribution is -0.125. The molecule has 33 heavy (non-hydrogen) atoms. The number of methoxy groups -OCH3 is 1. The molecule has 1 unspecified atom stereocenters.